The molecule has 1 N–H and O–H groups in total. The molecule has 3 rings (SSSR count). The zero-order valence-electron chi connectivity index (χ0n) is 13.3. The molecule has 9 nitrogen and oxygen atoms in total. The van der Waals surface area contributed by atoms with E-state index in [0.29, 0.717) is 16.9 Å². The summed E-state index contributed by atoms with van der Waals surface area (Å²) in [6.45, 7) is 1.55. The molecule has 26 heavy (non-hydrogen) atoms. The van der Waals surface area contributed by atoms with Gasteiger partial charge >= 0.3 is 0 Å². The highest BCUT2D eigenvalue weighted by molar-refractivity contribution is 9.10. The number of sulfonamides is 1. The Morgan fingerprint density at radius 3 is 2.85 bits per heavy atom. The van der Waals surface area contributed by atoms with Gasteiger partial charge in [-0.3, -0.25) is 14.5 Å². The van der Waals surface area contributed by atoms with Crippen molar-refractivity contribution >= 4 is 43.5 Å². The third-order valence-electron chi connectivity index (χ3n) is 3.54. The van der Waals surface area contributed by atoms with Crippen LogP contribution >= 0.6 is 15.9 Å². The molecule has 0 aliphatic rings. The number of hydrogen-bond donors (Lipinski definition) is 1. The highest BCUT2D eigenvalue weighted by atomic mass is 79.9. The fourth-order valence-corrected chi connectivity index (χ4v) is 3.67. The number of non-ortho nitro benzene ring substituents is 1. The van der Waals surface area contributed by atoms with Crippen LogP contribution in [0.2, 0.25) is 0 Å². The third kappa shape index (κ3) is 3.58. The van der Waals surface area contributed by atoms with Crippen molar-refractivity contribution < 1.29 is 13.3 Å². The lowest BCUT2D eigenvalue weighted by Gasteiger charge is -2.06. The number of nitro benzene ring substituents is 1. The van der Waals surface area contributed by atoms with Gasteiger partial charge in [0, 0.05) is 22.8 Å². The van der Waals surface area contributed by atoms with E-state index in [1.165, 1.54) is 24.5 Å². The summed E-state index contributed by atoms with van der Waals surface area (Å²) in [5.41, 5.74) is 1.29. The van der Waals surface area contributed by atoms with Crippen molar-refractivity contribution in [2.24, 2.45) is 5.10 Å². The second-order valence-corrected chi connectivity index (χ2v) is 7.86. The van der Waals surface area contributed by atoms with E-state index in [1.807, 2.05) is 6.07 Å². The summed E-state index contributed by atoms with van der Waals surface area (Å²) in [6.07, 6.45) is 4.61. The van der Waals surface area contributed by atoms with Crippen LogP contribution in [-0.4, -0.2) is 28.9 Å². The standard InChI is InChI=1S/C15H12BrN5O4S/c1-10-2-4-12(21(22)23)6-14(10)26(24,25)19-18-8-13-7-17-15-5-3-11(16)9-20(13)15/h2-9,19H,1H3. The zero-order valence-corrected chi connectivity index (χ0v) is 15.7. The first-order valence-electron chi connectivity index (χ1n) is 7.20. The van der Waals surface area contributed by atoms with Gasteiger partial charge in [0.2, 0.25) is 0 Å². The van der Waals surface area contributed by atoms with E-state index >= 15 is 0 Å². The van der Waals surface area contributed by atoms with Gasteiger partial charge in [0.25, 0.3) is 15.7 Å². The molecule has 2 heterocycles. The largest absolute Gasteiger partial charge is 0.298 e. The van der Waals surface area contributed by atoms with Gasteiger partial charge in [0.1, 0.15) is 5.65 Å². The van der Waals surface area contributed by atoms with Gasteiger partial charge in [-0.25, -0.2) is 4.98 Å². The number of aryl methyl sites for hydroxylation is 1. The zero-order chi connectivity index (χ0) is 18.9. The molecule has 3 aromatic rings. The van der Waals surface area contributed by atoms with Gasteiger partial charge in [0.05, 0.1) is 27.9 Å². The predicted octanol–water partition coefficient (Wildman–Crippen LogP) is 2.63. The molecular weight excluding hydrogens is 426 g/mol. The molecule has 134 valence electrons. The van der Waals surface area contributed by atoms with E-state index in [0.717, 1.165) is 10.5 Å². The molecule has 0 aliphatic carbocycles. The summed E-state index contributed by atoms with van der Waals surface area (Å²) in [6, 6.07) is 7.24. The molecule has 0 fully saturated rings. The van der Waals surface area contributed by atoms with Crippen molar-refractivity contribution in [1.29, 1.82) is 0 Å². The van der Waals surface area contributed by atoms with Crippen LogP contribution in [0.1, 0.15) is 11.3 Å². The predicted molar refractivity (Wildman–Crippen MR) is 98.6 cm³/mol. The topological polar surface area (TPSA) is 119 Å². The molecule has 0 amide bonds. The van der Waals surface area contributed by atoms with Crippen LogP contribution in [0.4, 0.5) is 5.69 Å². The van der Waals surface area contributed by atoms with Crippen LogP contribution in [0.3, 0.4) is 0 Å². The SMILES string of the molecule is Cc1ccc([N+](=O)[O-])cc1S(=O)(=O)NN=Cc1cnc2ccc(Br)cn12. The number of nitrogens with zero attached hydrogens (tertiary/aromatic N) is 4. The minimum absolute atomic E-state index is 0.204. The van der Waals surface area contributed by atoms with Crippen LogP contribution in [0, 0.1) is 17.0 Å². The smallest absolute Gasteiger partial charge is 0.277 e. The number of fused-ring (bicyclic) bond motifs is 1. The second-order valence-electron chi connectivity index (χ2n) is 5.32. The van der Waals surface area contributed by atoms with Crippen molar-refractivity contribution in [3.05, 3.63) is 68.6 Å². The molecule has 0 spiro atoms. The molecule has 0 saturated heterocycles. The van der Waals surface area contributed by atoms with E-state index in [9.17, 15) is 18.5 Å². The number of halogens is 1. The Morgan fingerprint density at radius 2 is 2.12 bits per heavy atom. The summed E-state index contributed by atoms with van der Waals surface area (Å²) in [7, 11) is -4.05. The lowest BCUT2D eigenvalue weighted by molar-refractivity contribution is -0.385. The maximum atomic E-state index is 12.4. The van der Waals surface area contributed by atoms with Crippen LogP contribution in [0.25, 0.3) is 5.65 Å². The molecule has 0 saturated carbocycles. The van der Waals surface area contributed by atoms with Gasteiger partial charge in [-0.2, -0.15) is 18.4 Å². The summed E-state index contributed by atoms with van der Waals surface area (Å²) >= 11 is 3.35. The number of nitrogens with one attached hydrogen (secondary N) is 1. The maximum absolute atomic E-state index is 12.4. The highest BCUT2D eigenvalue weighted by Crippen LogP contribution is 2.21. The molecule has 1 aromatic carbocycles. The average molecular weight is 438 g/mol. The van der Waals surface area contributed by atoms with Gasteiger partial charge < -0.3 is 0 Å². The van der Waals surface area contributed by atoms with Crippen LogP contribution in [-0.2, 0) is 10.0 Å². The number of pyridine rings is 1. The Morgan fingerprint density at radius 1 is 1.35 bits per heavy atom. The van der Waals surface area contributed by atoms with Gasteiger partial charge in [-0.15, -0.1) is 0 Å². The Labute approximate surface area is 156 Å². The second kappa shape index (κ2) is 6.84. The number of rotatable bonds is 5. The number of imidazole rings is 1. The van der Waals surface area contributed by atoms with Gasteiger partial charge in [-0.05, 0) is 40.5 Å². The van der Waals surface area contributed by atoms with E-state index in [2.05, 4.69) is 30.8 Å². The molecule has 2 aromatic heterocycles. The fourth-order valence-electron chi connectivity index (χ4n) is 2.27. The minimum Gasteiger partial charge on any atom is -0.298 e. The van der Waals surface area contributed by atoms with E-state index in [1.54, 1.807) is 23.6 Å². The van der Waals surface area contributed by atoms with Crippen molar-refractivity contribution in [2.45, 2.75) is 11.8 Å². The van der Waals surface area contributed by atoms with E-state index in [4.69, 9.17) is 0 Å². The fraction of sp³-hybridized carbons (Fsp3) is 0.0667. The summed E-state index contributed by atoms with van der Waals surface area (Å²) < 4.78 is 27.3. The average Bonchev–Trinajstić information content (AvgIpc) is 2.97. The maximum Gasteiger partial charge on any atom is 0.277 e. The Balaban J connectivity index is 1.88. The molecule has 11 heteroatoms. The van der Waals surface area contributed by atoms with Gasteiger partial charge in [0.15, 0.2) is 0 Å². The van der Waals surface area contributed by atoms with Crippen molar-refractivity contribution in [2.75, 3.05) is 0 Å². The first-order valence-corrected chi connectivity index (χ1v) is 9.48. The van der Waals surface area contributed by atoms with Crippen molar-refractivity contribution in [3.63, 3.8) is 0 Å². The quantitative estimate of drug-likeness (QED) is 0.373. The number of nitro groups is 1. The van der Waals surface area contributed by atoms with E-state index < -0.39 is 14.9 Å². The minimum atomic E-state index is -4.05. The van der Waals surface area contributed by atoms with E-state index in [-0.39, 0.29) is 10.6 Å². The van der Waals surface area contributed by atoms with Crippen LogP contribution in [0.5, 0.6) is 0 Å². The van der Waals surface area contributed by atoms with Crippen molar-refractivity contribution in [1.82, 2.24) is 14.2 Å². The van der Waals surface area contributed by atoms with Crippen molar-refractivity contribution in [3.8, 4) is 0 Å². The monoisotopic (exact) mass is 437 g/mol. The number of aromatic nitrogens is 2. The number of hydrogen-bond acceptors (Lipinski definition) is 6. The number of hydrazone groups is 1. The molecule has 0 radical (unpaired) electrons. The first-order chi connectivity index (χ1) is 12.3. The lowest BCUT2D eigenvalue weighted by Crippen LogP contribution is -2.19. The Kier molecular flexibility index (Phi) is 4.74. The Bertz CT molecular complexity index is 1140. The summed E-state index contributed by atoms with van der Waals surface area (Å²) in [5.74, 6) is 0. The molecule has 0 atom stereocenters. The van der Waals surface area contributed by atoms with Crippen LogP contribution < -0.4 is 4.83 Å². The molecule has 0 aliphatic heterocycles. The first kappa shape index (κ1) is 18.0. The lowest BCUT2D eigenvalue weighted by atomic mass is 10.2. The molecule has 0 bridgehead atoms. The van der Waals surface area contributed by atoms with Crippen LogP contribution in [0.15, 0.2) is 57.2 Å². The normalized spacial score (nSPS) is 11.9. The Hall–Kier alpha value is -2.79. The molecule has 0 unspecified atom stereocenters. The molecular formula is C15H12BrN5O4S. The summed E-state index contributed by atoms with van der Waals surface area (Å²) in [5, 5.41) is 14.6. The highest BCUT2D eigenvalue weighted by Gasteiger charge is 2.20. The third-order valence-corrected chi connectivity index (χ3v) is 5.37. The van der Waals surface area contributed by atoms with Gasteiger partial charge in [-0.1, -0.05) is 6.07 Å². The summed E-state index contributed by atoms with van der Waals surface area (Å²) in [4.78, 5) is 16.2. The number of benzene rings is 1.